The summed E-state index contributed by atoms with van der Waals surface area (Å²) in [5.74, 6) is 2.21. The highest BCUT2D eigenvalue weighted by atomic mass is 79.9. The van der Waals surface area contributed by atoms with E-state index in [4.69, 9.17) is 6.42 Å². The summed E-state index contributed by atoms with van der Waals surface area (Å²) >= 11 is 3.22. The summed E-state index contributed by atoms with van der Waals surface area (Å²) in [6, 6.07) is 6.32. The van der Waals surface area contributed by atoms with E-state index in [0.29, 0.717) is 0 Å². The molecule has 0 atom stereocenters. The zero-order chi connectivity index (χ0) is 10.6. The summed E-state index contributed by atoms with van der Waals surface area (Å²) in [5, 5.41) is 0. The molecule has 0 unspecified atom stereocenters. The van der Waals surface area contributed by atoms with Gasteiger partial charge in [0.1, 0.15) is 0 Å². The van der Waals surface area contributed by atoms with Gasteiger partial charge in [0.25, 0.3) is 0 Å². The molecule has 0 fully saturated rings. The zero-order valence-corrected chi connectivity index (χ0v) is 9.60. The van der Waals surface area contributed by atoms with Crippen molar-refractivity contribution in [2.24, 2.45) is 0 Å². The van der Waals surface area contributed by atoms with Crippen LogP contribution in [-0.4, -0.2) is 15.0 Å². The second-order valence-electron chi connectivity index (χ2n) is 2.48. The lowest BCUT2D eigenvalue weighted by molar-refractivity contribution is 0.586. The number of halogens is 1. The van der Waals surface area contributed by atoms with E-state index in [0.717, 1.165) is 4.47 Å². The second-order valence-corrected chi connectivity index (χ2v) is 5.17. The van der Waals surface area contributed by atoms with Crippen LogP contribution in [0.2, 0.25) is 0 Å². The van der Waals surface area contributed by atoms with Gasteiger partial charge < -0.3 is 0 Å². The van der Waals surface area contributed by atoms with Crippen LogP contribution in [0.15, 0.2) is 33.6 Å². The molecule has 0 saturated carbocycles. The summed E-state index contributed by atoms with van der Waals surface area (Å²) in [7, 11) is -3.45. The van der Waals surface area contributed by atoms with Crippen LogP contribution in [0.25, 0.3) is 0 Å². The van der Waals surface area contributed by atoms with Crippen molar-refractivity contribution < 1.29 is 8.42 Å². The molecule has 3 nitrogen and oxygen atoms in total. The summed E-state index contributed by atoms with van der Waals surface area (Å²) in [4.78, 5) is 0.205. The zero-order valence-electron chi connectivity index (χ0n) is 7.20. The molecule has 5 heteroatoms. The van der Waals surface area contributed by atoms with Gasteiger partial charge in [-0.15, -0.1) is 6.42 Å². The first-order valence-electron chi connectivity index (χ1n) is 3.75. The molecule has 0 aromatic heterocycles. The van der Waals surface area contributed by atoms with E-state index in [1.54, 1.807) is 12.1 Å². The van der Waals surface area contributed by atoms with Crippen molar-refractivity contribution in [2.45, 2.75) is 4.90 Å². The summed E-state index contributed by atoms with van der Waals surface area (Å²) in [6.45, 7) is -0.00159. The Labute approximate surface area is 91.7 Å². The van der Waals surface area contributed by atoms with E-state index in [1.807, 2.05) is 0 Å². The molecular weight excluding hydrogens is 266 g/mol. The van der Waals surface area contributed by atoms with E-state index >= 15 is 0 Å². The Morgan fingerprint density at radius 2 is 1.93 bits per heavy atom. The number of hydrogen-bond acceptors (Lipinski definition) is 2. The normalized spacial score (nSPS) is 10.9. The molecule has 0 aliphatic heterocycles. The molecule has 0 saturated heterocycles. The first-order valence-corrected chi connectivity index (χ1v) is 6.02. The third kappa shape index (κ3) is 2.84. The van der Waals surface area contributed by atoms with Gasteiger partial charge in [0.15, 0.2) is 0 Å². The quantitative estimate of drug-likeness (QED) is 0.846. The van der Waals surface area contributed by atoms with Gasteiger partial charge in [-0.25, -0.2) is 8.42 Å². The number of rotatable bonds is 3. The monoisotopic (exact) mass is 273 g/mol. The minimum atomic E-state index is -3.45. The van der Waals surface area contributed by atoms with E-state index in [2.05, 4.69) is 26.6 Å². The molecule has 0 spiro atoms. The van der Waals surface area contributed by atoms with Gasteiger partial charge in [-0.2, -0.15) is 4.72 Å². The maximum absolute atomic E-state index is 11.5. The molecule has 0 bridgehead atoms. The molecule has 0 amide bonds. The molecule has 1 aromatic rings. The largest absolute Gasteiger partial charge is 0.241 e. The maximum Gasteiger partial charge on any atom is 0.241 e. The maximum atomic E-state index is 11.5. The van der Waals surface area contributed by atoms with Gasteiger partial charge in [0, 0.05) is 4.47 Å². The average Bonchev–Trinajstić information content (AvgIpc) is 2.16. The van der Waals surface area contributed by atoms with Crippen LogP contribution in [0.1, 0.15) is 0 Å². The Bertz CT molecular complexity index is 445. The van der Waals surface area contributed by atoms with Gasteiger partial charge in [-0.3, -0.25) is 0 Å². The number of hydrogen-bond donors (Lipinski definition) is 1. The second kappa shape index (κ2) is 4.60. The van der Waals surface area contributed by atoms with Crippen LogP contribution in [0.3, 0.4) is 0 Å². The third-order valence-corrected chi connectivity index (χ3v) is 3.43. The van der Waals surface area contributed by atoms with Gasteiger partial charge in [-0.1, -0.05) is 21.9 Å². The Hall–Kier alpha value is -0.830. The van der Waals surface area contributed by atoms with Gasteiger partial charge >= 0.3 is 0 Å². The summed E-state index contributed by atoms with van der Waals surface area (Å²) in [5.41, 5.74) is 0. The van der Waals surface area contributed by atoms with E-state index in [1.165, 1.54) is 12.1 Å². The molecule has 1 aromatic carbocycles. The minimum absolute atomic E-state index is 0.00159. The van der Waals surface area contributed by atoms with Crippen LogP contribution in [0.5, 0.6) is 0 Å². The molecule has 0 heterocycles. The third-order valence-electron chi connectivity index (χ3n) is 1.49. The molecule has 1 N–H and O–H groups in total. The molecule has 14 heavy (non-hydrogen) atoms. The van der Waals surface area contributed by atoms with Crippen LogP contribution in [0.4, 0.5) is 0 Å². The smallest absolute Gasteiger partial charge is 0.207 e. The fourth-order valence-electron chi connectivity index (χ4n) is 0.834. The lowest BCUT2D eigenvalue weighted by Crippen LogP contribution is -2.23. The fourth-order valence-corrected chi connectivity index (χ4v) is 2.03. The van der Waals surface area contributed by atoms with Crippen molar-refractivity contribution in [1.82, 2.24) is 4.72 Å². The van der Waals surface area contributed by atoms with Gasteiger partial charge in [0.05, 0.1) is 11.4 Å². The van der Waals surface area contributed by atoms with Crippen molar-refractivity contribution in [2.75, 3.05) is 6.54 Å². The van der Waals surface area contributed by atoms with Crippen LogP contribution >= 0.6 is 15.9 Å². The van der Waals surface area contributed by atoms with Crippen LogP contribution in [-0.2, 0) is 10.0 Å². The SMILES string of the molecule is C#CCNS(=O)(=O)c1ccc(Br)cc1. The van der Waals surface area contributed by atoms with Gasteiger partial charge in [-0.05, 0) is 24.3 Å². The van der Waals surface area contributed by atoms with E-state index < -0.39 is 10.0 Å². The van der Waals surface area contributed by atoms with Crippen LogP contribution < -0.4 is 4.72 Å². The molecule has 0 aliphatic rings. The van der Waals surface area contributed by atoms with E-state index in [9.17, 15) is 8.42 Å². The average molecular weight is 274 g/mol. The Kier molecular flexibility index (Phi) is 3.69. The minimum Gasteiger partial charge on any atom is -0.207 e. The van der Waals surface area contributed by atoms with Crippen molar-refractivity contribution >= 4 is 26.0 Å². The number of nitrogens with one attached hydrogen (secondary N) is 1. The van der Waals surface area contributed by atoms with Crippen molar-refractivity contribution in [3.05, 3.63) is 28.7 Å². The van der Waals surface area contributed by atoms with Crippen molar-refractivity contribution in [1.29, 1.82) is 0 Å². The lowest BCUT2D eigenvalue weighted by Gasteiger charge is -2.03. The first-order chi connectivity index (χ1) is 6.56. The first kappa shape index (κ1) is 11.2. The number of terminal acetylenes is 1. The molecular formula is C9H8BrNO2S. The van der Waals surface area contributed by atoms with E-state index in [-0.39, 0.29) is 11.4 Å². The highest BCUT2D eigenvalue weighted by Crippen LogP contribution is 2.14. The molecule has 0 aliphatic carbocycles. The number of sulfonamides is 1. The summed E-state index contributed by atoms with van der Waals surface area (Å²) in [6.07, 6.45) is 4.95. The van der Waals surface area contributed by atoms with Gasteiger partial charge in [0.2, 0.25) is 10.0 Å². The fraction of sp³-hybridized carbons (Fsp3) is 0.111. The Balaban J connectivity index is 2.94. The topological polar surface area (TPSA) is 46.2 Å². The standard InChI is InChI=1S/C9H8BrNO2S/c1-2-7-11-14(12,13)9-5-3-8(10)4-6-9/h1,3-6,11H,7H2. The molecule has 1 rings (SSSR count). The Morgan fingerprint density at radius 3 is 2.43 bits per heavy atom. The van der Waals surface area contributed by atoms with Crippen LogP contribution in [0, 0.1) is 12.3 Å². The molecule has 74 valence electrons. The predicted octanol–water partition coefficient (Wildman–Crippen LogP) is 1.36. The summed E-state index contributed by atoms with van der Waals surface area (Å²) < 4.78 is 26.1. The Morgan fingerprint density at radius 1 is 1.36 bits per heavy atom. The molecule has 0 radical (unpaired) electrons. The number of benzene rings is 1. The predicted molar refractivity (Wildman–Crippen MR) is 58.2 cm³/mol. The highest BCUT2D eigenvalue weighted by Gasteiger charge is 2.11. The highest BCUT2D eigenvalue weighted by molar-refractivity contribution is 9.10. The van der Waals surface area contributed by atoms with Crippen molar-refractivity contribution in [3.63, 3.8) is 0 Å². The lowest BCUT2D eigenvalue weighted by atomic mass is 10.4. The van der Waals surface area contributed by atoms with Crippen molar-refractivity contribution in [3.8, 4) is 12.3 Å².